The molecule has 2 heterocycles. The average molecular weight is 406 g/mol. The SMILES string of the molecule is COc1ccc(N(Cc2nc3n(n2)CCCCC3)C(=O)Nc2ccccc2C)cc1. The van der Waals surface area contributed by atoms with Crippen LogP contribution in [0.5, 0.6) is 5.75 Å². The Hall–Kier alpha value is -3.35. The molecule has 2 aromatic carbocycles. The van der Waals surface area contributed by atoms with E-state index in [0.29, 0.717) is 12.4 Å². The number of hydrogen-bond acceptors (Lipinski definition) is 4. The third-order valence-electron chi connectivity index (χ3n) is 5.38. The van der Waals surface area contributed by atoms with Crippen molar-refractivity contribution < 1.29 is 9.53 Å². The summed E-state index contributed by atoms with van der Waals surface area (Å²) in [6.07, 6.45) is 4.39. The van der Waals surface area contributed by atoms with E-state index in [1.54, 1.807) is 12.0 Å². The first kappa shape index (κ1) is 19.9. The van der Waals surface area contributed by atoms with Gasteiger partial charge in [-0.3, -0.25) is 4.90 Å². The molecule has 7 heteroatoms. The van der Waals surface area contributed by atoms with E-state index < -0.39 is 0 Å². The summed E-state index contributed by atoms with van der Waals surface area (Å²) in [4.78, 5) is 19.6. The van der Waals surface area contributed by atoms with E-state index in [4.69, 9.17) is 9.72 Å². The molecule has 0 spiro atoms. The molecule has 1 aliphatic heterocycles. The van der Waals surface area contributed by atoms with E-state index in [1.165, 1.54) is 6.42 Å². The van der Waals surface area contributed by atoms with Gasteiger partial charge in [0, 0.05) is 24.3 Å². The van der Waals surface area contributed by atoms with Crippen LogP contribution in [0.15, 0.2) is 48.5 Å². The molecule has 4 rings (SSSR count). The lowest BCUT2D eigenvalue weighted by atomic mass is 10.2. The maximum atomic E-state index is 13.2. The zero-order chi connectivity index (χ0) is 20.9. The molecule has 1 aliphatic rings. The maximum Gasteiger partial charge on any atom is 0.326 e. The van der Waals surface area contributed by atoms with Gasteiger partial charge in [-0.1, -0.05) is 24.6 Å². The predicted molar refractivity (Wildman–Crippen MR) is 117 cm³/mol. The standard InChI is InChI=1S/C23H27N5O2/c1-17-8-5-6-9-20(17)24-23(29)27(18-11-13-19(30-2)14-12-18)16-21-25-22-10-4-3-7-15-28(22)26-21/h5-6,8-9,11-14H,3-4,7,10,15-16H2,1-2H3,(H,24,29). The number of nitrogens with zero attached hydrogens (tertiary/aromatic N) is 4. The number of amides is 2. The van der Waals surface area contributed by atoms with Crippen LogP contribution < -0.4 is 15.0 Å². The molecule has 0 radical (unpaired) electrons. The third kappa shape index (κ3) is 4.45. The minimum atomic E-state index is -0.223. The highest BCUT2D eigenvalue weighted by atomic mass is 16.5. The Labute approximate surface area is 176 Å². The summed E-state index contributed by atoms with van der Waals surface area (Å²) in [5.74, 6) is 2.41. The zero-order valence-electron chi connectivity index (χ0n) is 17.5. The number of ether oxygens (including phenoxy) is 1. The highest BCUT2D eigenvalue weighted by Crippen LogP contribution is 2.23. The van der Waals surface area contributed by atoms with Crippen LogP contribution in [0.4, 0.5) is 16.2 Å². The van der Waals surface area contributed by atoms with Crippen LogP contribution in [0.25, 0.3) is 0 Å². The largest absolute Gasteiger partial charge is 0.497 e. The number of hydrogen-bond donors (Lipinski definition) is 1. The first-order valence-electron chi connectivity index (χ1n) is 10.3. The Balaban J connectivity index is 1.61. The Morgan fingerprint density at radius 1 is 1.13 bits per heavy atom. The van der Waals surface area contributed by atoms with Crippen molar-refractivity contribution in [3.63, 3.8) is 0 Å². The first-order valence-corrected chi connectivity index (χ1v) is 10.3. The van der Waals surface area contributed by atoms with Gasteiger partial charge in [-0.15, -0.1) is 0 Å². The van der Waals surface area contributed by atoms with E-state index in [2.05, 4.69) is 10.4 Å². The number of carbonyl (C=O) groups is 1. The van der Waals surface area contributed by atoms with Gasteiger partial charge in [0.2, 0.25) is 0 Å². The summed E-state index contributed by atoms with van der Waals surface area (Å²) in [7, 11) is 1.62. The Morgan fingerprint density at radius 3 is 2.70 bits per heavy atom. The Kier molecular flexibility index (Phi) is 5.97. The highest BCUT2D eigenvalue weighted by molar-refractivity contribution is 6.02. The van der Waals surface area contributed by atoms with Gasteiger partial charge in [-0.25, -0.2) is 14.5 Å². The molecule has 0 bridgehead atoms. The second-order valence-corrected chi connectivity index (χ2v) is 7.51. The van der Waals surface area contributed by atoms with Gasteiger partial charge in [0.05, 0.1) is 13.7 Å². The molecular weight excluding hydrogens is 378 g/mol. The lowest BCUT2D eigenvalue weighted by Crippen LogP contribution is -2.35. The van der Waals surface area contributed by atoms with Crippen molar-refractivity contribution in [2.24, 2.45) is 0 Å². The van der Waals surface area contributed by atoms with E-state index in [9.17, 15) is 4.79 Å². The summed E-state index contributed by atoms with van der Waals surface area (Å²) in [5, 5.41) is 7.70. The second kappa shape index (κ2) is 8.98. The van der Waals surface area contributed by atoms with Crippen molar-refractivity contribution >= 4 is 17.4 Å². The number of aryl methyl sites for hydroxylation is 3. The smallest absolute Gasteiger partial charge is 0.326 e. The number of benzene rings is 2. The van der Waals surface area contributed by atoms with Gasteiger partial charge in [0.25, 0.3) is 0 Å². The van der Waals surface area contributed by atoms with Crippen molar-refractivity contribution in [3.05, 3.63) is 65.7 Å². The molecule has 0 aliphatic carbocycles. The molecule has 7 nitrogen and oxygen atoms in total. The first-order chi connectivity index (χ1) is 14.6. The molecule has 0 saturated carbocycles. The Bertz CT molecular complexity index is 989. The van der Waals surface area contributed by atoms with Crippen LogP contribution in [-0.4, -0.2) is 27.9 Å². The number of anilines is 2. The lowest BCUT2D eigenvalue weighted by Gasteiger charge is -2.23. The van der Waals surface area contributed by atoms with Gasteiger partial charge in [0.15, 0.2) is 5.82 Å². The van der Waals surface area contributed by atoms with E-state index in [-0.39, 0.29) is 6.03 Å². The van der Waals surface area contributed by atoms with E-state index in [1.807, 2.05) is 60.1 Å². The van der Waals surface area contributed by atoms with Gasteiger partial charge >= 0.3 is 6.03 Å². The summed E-state index contributed by atoms with van der Waals surface area (Å²) in [6.45, 7) is 3.16. The molecule has 30 heavy (non-hydrogen) atoms. The van der Waals surface area contributed by atoms with Gasteiger partial charge in [-0.05, 0) is 55.7 Å². The number of para-hydroxylation sites is 1. The van der Waals surface area contributed by atoms with Gasteiger partial charge < -0.3 is 10.1 Å². The Morgan fingerprint density at radius 2 is 1.93 bits per heavy atom. The number of carbonyl (C=O) groups excluding carboxylic acids is 1. The van der Waals surface area contributed by atoms with Crippen LogP contribution >= 0.6 is 0 Å². The average Bonchev–Trinajstić information content (AvgIpc) is 3.02. The molecule has 1 aromatic heterocycles. The molecule has 0 saturated heterocycles. The summed E-state index contributed by atoms with van der Waals surface area (Å²) in [5.41, 5.74) is 2.55. The van der Waals surface area contributed by atoms with Crippen molar-refractivity contribution in [2.45, 2.75) is 45.7 Å². The minimum absolute atomic E-state index is 0.223. The van der Waals surface area contributed by atoms with Crippen molar-refractivity contribution in [2.75, 3.05) is 17.3 Å². The van der Waals surface area contributed by atoms with Crippen LogP contribution in [-0.2, 0) is 19.5 Å². The highest BCUT2D eigenvalue weighted by Gasteiger charge is 2.21. The number of rotatable bonds is 5. The number of methoxy groups -OCH3 is 1. The summed E-state index contributed by atoms with van der Waals surface area (Å²) >= 11 is 0. The second-order valence-electron chi connectivity index (χ2n) is 7.51. The van der Waals surface area contributed by atoms with E-state index in [0.717, 1.165) is 54.3 Å². The number of urea groups is 1. The molecule has 0 atom stereocenters. The van der Waals surface area contributed by atoms with Gasteiger partial charge in [-0.2, -0.15) is 5.10 Å². The van der Waals surface area contributed by atoms with Crippen LogP contribution in [0.1, 0.15) is 36.5 Å². The van der Waals surface area contributed by atoms with Crippen LogP contribution in [0.2, 0.25) is 0 Å². The fourth-order valence-corrected chi connectivity index (χ4v) is 3.66. The molecule has 156 valence electrons. The predicted octanol–water partition coefficient (Wildman–Crippen LogP) is 4.56. The molecule has 2 amide bonds. The van der Waals surface area contributed by atoms with E-state index >= 15 is 0 Å². The monoisotopic (exact) mass is 405 g/mol. The van der Waals surface area contributed by atoms with Crippen molar-refractivity contribution in [1.29, 1.82) is 0 Å². The molecule has 0 unspecified atom stereocenters. The third-order valence-corrected chi connectivity index (χ3v) is 5.38. The molecule has 3 aromatic rings. The topological polar surface area (TPSA) is 72.3 Å². The van der Waals surface area contributed by atoms with Crippen molar-refractivity contribution in [3.8, 4) is 5.75 Å². The number of fused-ring (bicyclic) bond motifs is 1. The van der Waals surface area contributed by atoms with Gasteiger partial charge in [0.1, 0.15) is 11.6 Å². The summed E-state index contributed by atoms with van der Waals surface area (Å²) < 4.78 is 7.25. The fraction of sp³-hybridized carbons (Fsp3) is 0.348. The fourth-order valence-electron chi connectivity index (χ4n) is 3.66. The molecular formula is C23H27N5O2. The van der Waals surface area contributed by atoms with Crippen LogP contribution in [0.3, 0.4) is 0 Å². The van der Waals surface area contributed by atoms with Crippen molar-refractivity contribution in [1.82, 2.24) is 14.8 Å². The lowest BCUT2D eigenvalue weighted by molar-refractivity contribution is 0.256. The quantitative estimate of drug-likeness (QED) is 0.675. The molecule has 1 N–H and O–H groups in total. The number of nitrogens with one attached hydrogen (secondary N) is 1. The zero-order valence-corrected chi connectivity index (χ0v) is 17.5. The molecule has 0 fully saturated rings. The number of aromatic nitrogens is 3. The minimum Gasteiger partial charge on any atom is -0.497 e. The normalized spacial score (nSPS) is 13.3. The van der Waals surface area contributed by atoms with Crippen LogP contribution in [0, 0.1) is 6.92 Å². The maximum absolute atomic E-state index is 13.2. The summed E-state index contributed by atoms with van der Waals surface area (Å²) in [6, 6.07) is 15.0.